The van der Waals surface area contributed by atoms with Crippen LogP contribution in [0.3, 0.4) is 0 Å². The van der Waals surface area contributed by atoms with Crippen molar-refractivity contribution in [3.05, 3.63) is 58.3 Å². The van der Waals surface area contributed by atoms with Gasteiger partial charge in [-0.15, -0.1) is 0 Å². The summed E-state index contributed by atoms with van der Waals surface area (Å²) in [5.41, 5.74) is 9.22. The second-order valence-electron chi connectivity index (χ2n) is 4.31. The maximum Gasteiger partial charge on any atom is 0.0602 e. The molecule has 0 aliphatic rings. The topological polar surface area (TPSA) is 42.2 Å². The van der Waals surface area contributed by atoms with E-state index in [-0.39, 0.29) is 0 Å². The first-order chi connectivity index (χ1) is 9.24. The Bertz CT molecular complexity index is 528. The molecule has 19 heavy (non-hydrogen) atoms. The Morgan fingerprint density at radius 1 is 1.26 bits per heavy atom. The minimum Gasteiger partial charge on any atom is -0.366 e. The highest BCUT2D eigenvalue weighted by Crippen LogP contribution is 2.26. The Labute approximate surface area is 122 Å². The van der Waals surface area contributed by atoms with E-state index in [4.69, 9.17) is 5.73 Å². The molecule has 1 aromatic carbocycles. The van der Waals surface area contributed by atoms with Crippen LogP contribution in [-0.4, -0.2) is 11.5 Å². The van der Waals surface area contributed by atoms with Crippen LogP contribution < -0.4 is 10.6 Å². The van der Waals surface area contributed by atoms with Gasteiger partial charge in [-0.05, 0) is 36.8 Å². The highest BCUT2D eigenvalue weighted by atomic mass is 79.9. The Kier molecular flexibility index (Phi) is 4.93. The van der Waals surface area contributed by atoms with Gasteiger partial charge in [0.15, 0.2) is 0 Å². The summed E-state index contributed by atoms with van der Waals surface area (Å²) in [5.74, 6) is 0. The molecule has 1 aromatic heterocycles. The second kappa shape index (κ2) is 6.68. The molecule has 2 rings (SSSR count). The van der Waals surface area contributed by atoms with Gasteiger partial charge in [0.1, 0.15) is 0 Å². The molecule has 0 aliphatic heterocycles. The summed E-state index contributed by atoms with van der Waals surface area (Å²) in [5, 5.41) is 0. The lowest BCUT2D eigenvalue weighted by Crippen LogP contribution is -2.24. The maximum atomic E-state index is 5.83. The first-order valence-electron chi connectivity index (χ1n) is 6.38. The molecule has 3 nitrogen and oxygen atoms in total. The van der Waals surface area contributed by atoms with E-state index < -0.39 is 0 Å². The summed E-state index contributed by atoms with van der Waals surface area (Å²) >= 11 is 3.53. The molecule has 0 spiro atoms. The number of pyridine rings is 1. The van der Waals surface area contributed by atoms with Crippen LogP contribution in [0.1, 0.15) is 18.2 Å². The van der Waals surface area contributed by atoms with Crippen LogP contribution in [-0.2, 0) is 13.1 Å². The van der Waals surface area contributed by atoms with E-state index in [1.807, 2.05) is 30.5 Å². The Morgan fingerprint density at radius 2 is 2.11 bits per heavy atom. The molecule has 0 atom stereocenters. The number of hydrogen-bond donors (Lipinski definition) is 1. The molecule has 2 N–H and O–H groups in total. The van der Waals surface area contributed by atoms with Crippen LogP contribution in [0.2, 0.25) is 0 Å². The van der Waals surface area contributed by atoms with E-state index in [2.05, 4.69) is 44.9 Å². The van der Waals surface area contributed by atoms with Gasteiger partial charge in [-0.1, -0.05) is 28.1 Å². The monoisotopic (exact) mass is 319 g/mol. The van der Waals surface area contributed by atoms with Crippen molar-refractivity contribution < 1.29 is 0 Å². The molecule has 1 heterocycles. The van der Waals surface area contributed by atoms with Gasteiger partial charge >= 0.3 is 0 Å². The van der Waals surface area contributed by atoms with E-state index in [1.54, 1.807) is 0 Å². The Morgan fingerprint density at radius 3 is 2.74 bits per heavy atom. The van der Waals surface area contributed by atoms with Gasteiger partial charge in [-0.3, -0.25) is 4.98 Å². The predicted molar refractivity (Wildman–Crippen MR) is 83.0 cm³/mol. The molecule has 0 aliphatic carbocycles. The zero-order chi connectivity index (χ0) is 13.7. The summed E-state index contributed by atoms with van der Waals surface area (Å²) < 4.78 is 1.07. The molecule has 2 aromatic rings. The normalized spacial score (nSPS) is 10.5. The summed E-state index contributed by atoms with van der Waals surface area (Å²) in [4.78, 5) is 6.67. The summed E-state index contributed by atoms with van der Waals surface area (Å²) in [6, 6.07) is 12.2. The quantitative estimate of drug-likeness (QED) is 0.919. The lowest BCUT2D eigenvalue weighted by atomic mass is 10.1. The number of rotatable bonds is 5. The van der Waals surface area contributed by atoms with E-state index in [9.17, 15) is 0 Å². The zero-order valence-corrected chi connectivity index (χ0v) is 12.6. The SMILES string of the molecule is CCN(Cc1ccccn1)c1cc(Br)ccc1CN. The highest BCUT2D eigenvalue weighted by molar-refractivity contribution is 9.10. The Balaban J connectivity index is 2.29. The molecule has 4 heteroatoms. The van der Waals surface area contributed by atoms with E-state index in [0.717, 1.165) is 28.8 Å². The summed E-state index contributed by atoms with van der Waals surface area (Å²) in [6.45, 7) is 4.40. The van der Waals surface area contributed by atoms with Crippen molar-refractivity contribution >= 4 is 21.6 Å². The van der Waals surface area contributed by atoms with Crippen LogP contribution in [0.25, 0.3) is 0 Å². The van der Waals surface area contributed by atoms with Crippen molar-refractivity contribution in [3.8, 4) is 0 Å². The first kappa shape index (κ1) is 14.0. The minimum atomic E-state index is 0.543. The van der Waals surface area contributed by atoms with Crippen LogP contribution in [0, 0.1) is 0 Å². The van der Waals surface area contributed by atoms with Gasteiger partial charge in [0, 0.05) is 29.4 Å². The van der Waals surface area contributed by atoms with Crippen LogP contribution in [0.5, 0.6) is 0 Å². The standard InChI is InChI=1S/C15H18BrN3/c1-2-19(11-14-5-3-4-8-18-14)15-9-13(16)7-6-12(15)10-17/h3-9H,2,10-11,17H2,1H3. The number of nitrogens with zero attached hydrogens (tertiary/aromatic N) is 2. The van der Waals surface area contributed by atoms with Gasteiger partial charge < -0.3 is 10.6 Å². The Hall–Kier alpha value is -1.39. The predicted octanol–water partition coefficient (Wildman–Crippen LogP) is 3.33. The van der Waals surface area contributed by atoms with Gasteiger partial charge in [0.25, 0.3) is 0 Å². The number of anilines is 1. The smallest absolute Gasteiger partial charge is 0.0602 e. The lowest BCUT2D eigenvalue weighted by Gasteiger charge is -2.25. The molecule has 0 saturated carbocycles. The van der Waals surface area contributed by atoms with E-state index >= 15 is 0 Å². The van der Waals surface area contributed by atoms with Crippen molar-refractivity contribution in [2.45, 2.75) is 20.0 Å². The van der Waals surface area contributed by atoms with Crippen molar-refractivity contribution in [2.75, 3.05) is 11.4 Å². The first-order valence-corrected chi connectivity index (χ1v) is 7.17. The number of nitrogens with two attached hydrogens (primary N) is 1. The minimum absolute atomic E-state index is 0.543. The molecule has 0 bridgehead atoms. The molecule has 100 valence electrons. The van der Waals surface area contributed by atoms with Gasteiger partial charge in [-0.25, -0.2) is 0 Å². The molecular weight excluding hydrogens is 302 g/mol. The van der Waals surface area contributed by atoms with Gasteiger partial charge in [-0.2, -0.15) is 0 Å². The highest BCUT2D eigenvalue weighted by Gasteiger charge is 2.10. The maximum absolute atomic E-state index is 5.83. The second-order valence-corrected chi connectivity index (χ2v) is 5.23. The fraction of sp³-hybridized carbons (Fsp3) is 0.267. The molecule has 0 fully saturated rings. The van der Waals surface area contributed by atoms with Crippen LogP contribution in [0.15, 0.2) is 47.1 Å². The van der Waals surface area contributed by atoms with E-state index in [1.165, 1.54) is 5.69 Å². The fourth-order valence-corrected chi connectivity index (χ4v) is 2.41. The molecular formula is C15H18BrN3. The third-order valence-electron chi connectivity index (χ3n) is 3.07. The largest absolute Gasteiger partial charge is 0.366 e. The van der Waals surface area contributed by atoms with Crippen LogP contribution in [0.4, 0.5) is 5.69 Å². The van der Waals surface area contributed by atoms with Crippen molar-refractivity contribution in [1.29, 1.82) is 0 Å². The zero-order valence-electron chi connectivity index (χ0n) is 11.0. The molecule has 0 saturated heterocycles. The van der Waals surface area contributed by atoms with E-state index in [0.29, 0.717) is 6.54 Å². The average Bonchev–Trinajstić information content (AvgIpc) is 2.46. The van der Waals surface area contributed by atoms with Crippen molar-refractivity contribution in [3.63, 3.8) is 0 Å². The van der Waals surface area contributed by atoms with Gasteiger partial charge in [0.2, 0.25) is 0 Å². The van der Waals surface area contributed by atoms with Crippen molar-refractivity contribution in [1.82, 2.24) is 4.98 Å². The van der Waals surface area contributed by atoms with Crippen LogP contribution >= 0.6 is 15.9 Å². The number of benzene rings is 1. The summed E-state index contributed by atoms with van der Waals surface area (Å²) in [7, 11) is 0. The molecule has 0 amide bonds. The number of hydrogen-bond acceptors (Lipinski definition) is 3. The third-order valence-corrected chi connectivity index (χ3v) is 3.56. The molecule has 0 radical (unpaired) electrons. The number of aromatic nitrogens is 1. The average molecular weight is 320 g/mol. The van der Waals surface area contributed by atoms with Gasteiger partial charge in [0.05, 0.1) is 12.2 Å². The fourth-order valence-electron chi connectivity index (χ4n) is 2.06. The number of halogens is 1. The van der Waals surface area contributed by atoms with Crippen molar-refractivity contribution in [2.24, 2.45) is 5.73 Å². The third kappa shape index (κ3) is 3.55. The molecule has 0 unspecified atom stereocenters. The summed E-state index contributed by atoms with van der Waals surface area (Å²) in [6.07, 6.45) is 1.83. The lowest BCUT2D eigenvalue weighted by molar-refractivity contribution is 0.801.